The number of ether oxygens (including phenoxy) is 3. The van der Waals surface area contributed by atoms with E-state index in [-0.39, 0.29) is 81.6 Å². The number of halogens is 2. The van der Waals surface area contributed by atoms with E-state index in [0.29, 0.717) is 37.0 Å². The quantitative estimate of drug-likeness (QED) is 0.293. The van der Waals surface area contributed by atoms with Crippen molar-refractivity contribution in [1.29, 1.82) is 0 Å². The number of esters is 1. The Morgan fingerprint density at radius 1 is 0.964 bits per heavy atom. The summed E-state index contributed by atoms with van der Waals surface area (Å²) in [6.45, 7) is 19.7. The van der Waals surface area contributed by atoms with Crippen molar-refractivity contribution in [3.63, 3.8) is 0 Å². The lowest BCUT2D eigenvalue weighted by atomic mass is 9.41. The molecule has 1 N–H and O–H groups in total. The van der Waals surface area contributed by atoms with Crippen LogP contribution in [0.1, 0.15) is 119 Å². The number of fused-ring (bicyclic) bond motifs is 4. The highest BCUT2D eigenvalue weighted by Crippen LogP contribution is 2.89. The molecule has 7 aliphatic rings. The number of hydrogen-bond donors (Lipinski definition) is 1. The molecular weight excluding hydrogens is 718 g/mol. The number of carbonyl (C=O) groups excluding carboxylic acids is 3. The van der Waals surface area contributed by atoms with Crippen LogP contribution in [0.2, 0.25) is 0 Å². The minimum atomic E-state index is -0.671. The summed E-state index contributed by atoms with van der Waals surface area (Å²) in [5.41, 5.74) is -0.560. The van der Waals surface area contributed by atoms with Gasteiger partial charge >= 0.3 is 12.1 Å². The second kappa shape index (κ2) is 13.1. The molecule has 9 nitrogen and oxygen atoms in total. The highest BCUT2D eigenvalue weighted by atomic mass is 19.1. The largest absolute Gasteiger partial charge is 0.461 e. The third-order valence-corrected chi connectivity index (χ3v) is 17.1. The highest BCUT2D eigenvalue weighted by Gasteiger charge is 2.84. The Labute approximate surface area is 331 Å². The van der Waals surface area contributed by atoms with Crippen LogP contribution in [-0.4, -0.2) is 82.5 Å². The molecule has 1 aromatic rings. The fraction of sp³-hybridized carbons (Fsp3) is 0.800. The zero-order chi connectivity index (χ0) is 40.5. The van der Waals surface area contributed by atoms with Crippen LogP contribution in [0, 0.1) is 68.3 Å². The van der Waals surface area contributed by atoms with Crippen molar-refractivity contribution in [2.24, 2.45) is 56.7 Å². The first kappa shape index (κ1) is 40.0. The summed E-state index contributed by atoms with van der Waals surface area (Å²) < 4.78 is 46.8. The van der Waals surface area contributed by atoms with E-state index in [4.69, 9.17) is 14.2 Å². The first-order valence-corrected chi connectivity index (χ1v) is 21.3. The fourth-order valence-electron chi connectivity index (χ4n) is 14.5. The lowest BCUT2D eigenvalue weighted by Crippen LogP contribution is -2.60. The third kappa shape index (κ3) is 5.88. The molecule has 0 radical (unpaired) electrons. The third-order valence-electron chi connectivity index (χ3n) is 17.1. The minimum Gasteiger partial charge on any atom is -0.461 e. The van der Waals surface area contributed by atoms with Gasteiger partial charge in [0.2, 0.25) is 5.91 Å². The summed E-state index contributed by atoms with van der Waals surface area (Å²) in [7, 11) is 0. The molecule has 310 valence electrons. The lowest BCUT2D eigenvalue weighted by Gasteiger charge is -2.63. The number of rotatable bonds is 6. The van der Waals surface area contributed by atoms with Crippen molar-refractivity contribution < 1.29 is 42.5 Å². The van der Waals surface area contributed by atoms with Gasteiger partial charge in [0.25, 0.3) is 0 Å². The normalized spacial score (nSPS) is 42.2. The van der Waals surface area contributed by atoms with Crippen molar-refractivity contribution in [1.82, 2.24) is 9.80 Å². The molecule has 56 heavy (non-hydrogen) atoms. The van der Waals surface area contributed by atoms with Gasteiger partial charge in [-0.2, -0.15) is 0 Å². The second-order valence-corrected chi connectivity index (χ2v) is 21.3. The first-order valence-electron chi connectivity index (χ1n) is 21.3. The molecule has 5 saturated carbocycles. The molecule has 2 saturated heterocycles. The van der Waals surface area contributed by atoms with Crippen LogP contribution < -0.4 is 0 Å². The van der Waals surface area contributed by atoms with E-state index < -0.39 is 29.4 Å². The molecule has 12 atom stereocenters. The molecule has 1 aromatic carbocycles. The van der Waals surface area contributed by atoms with Crippen LogP contribution in [0.3, 0.4) is 0 Å². The predicted octanol–water partition coefficient (Wildman–Crippen LogP) is 7.91. The van der Waals surface area contributed by atoms with Crippen LogP contribution in [0.5, 0.6) is 0 Å². The van der Waals surface area contributed by atoms with Crippen LogP contribution in [0.25, 0.3) is 0 Å². The van der Waals surface area contributed by atoms with Crippen molar-refractivity contribution in [3.05, 3.63) is 35.4 Å². The zero-order valence-electron chi connectivity index (χ0n) is 35.0. The smallest absolute Gasteiger partial charge is 0.410 e. The Morgan fingerprint density at radius 3 is 2.25 bits per heavy atom. The number of nitrogens with zero attached hydrogens (tertiary/aromatic N) is 2. The molecule has 2 spiro atoms. The second-order valence-electron chi connectivity index (χ2n) is 21.3. The molecule has 2 aliphatic heterocycles. The number of aliphatic hydroxyl groups excluding tert-OH is 1. The maximum absolute atomic E-state index is 14.0. The Bertz CT molecular complexity index is 1760. The Morgan fingerprint density at radius 2 is 1.61 bits per heavy atom. The van der Waals surface area contributed by atoms with Gasteiger partial charge in [0.05, 0.1) is 24.2 Å². The van der Waals surface area contributed by atoms with Gasteiger partial charge in [-0.15, -0.1) is 0 Å². The number of aliphatic hydroxyl groups is 1. The van der Waals surface area contributed by atoms with E-state index >= 15 is 0 Å². The summed E-state index contributed by atoms with van der Waals surface area (Å²) in [4.78, 5) is 41.9. The molecule has 2 amide bonds. The number of carbonyl (C=O) groups is 3. The number of hydrogen-bond acceptors (Lipinski definition) is 7. The number of amides is 2. The van der Waals surface area contributed by atoms with Gasteiger partial charge in [-0.25, -0.2) is 13.6 Å². The lowest BCUT2D eigenvalue weighted by molar-refractivity contribution is -0.196. The van der Waals surface area contributed by atoms with Crippen molar-refractivity contribution in [2.75, 3.05) is 19.6 Å². The van der Waals surface area contributed by atoms with E-state index in [2.05, 4.69) is 34.6 Å². The molecule has 0 aromatic heterocycles. The zero-order valence-corrected chi connectivity index (χ0v) is 35.0. The van der Waals surface area contributed by atoms with Crippen molar-refractivity contribution >= 4 is 18.0 Å². The molecule has 2 heterocycles. The van der Waals surface area contributed by atoms with Crippen molar-refractivity contribution in [3.8, 4) is 0 Å². The van der Waals surface area contributed by atoms with E-state index in [0.717, 1.165) is 57.4 Å². The fourth-order valence-corrected chi connectivity index (χ4v) is 14.5. The minimum absolute atomic E-state index is 0.0852. The molecule has 11 heteroatoms. The predicted molar refractivity (Wildman–Crippen MR) is 205 cm³/mol. The molecule has 7 fully saturated rings. The van der Waals surface area contributed by atoms with Gasteiger partial charge in [-0.05, 0) is 130 Å². The van der Waals surface area contributed by atoms with Gasteiger partial charge in [0, 0.05) is 50.0 Å². The summed E-state index contributed by atoms with van der Waals surface area (Å²) >= 11 is 0. The highest BCUT2D eigenvalue weighted by molar-refractivity contribution is 5.78. The monoisotopic (exact) mass is 782 g/mol. The summed E-state index contributed by atoms with van der Waals surface area (Å²) in [6.07, 6.45) is 6.09. The van der Waals surface area contributed by atoms with E-state index in [9.17, 15) is 28.3 Å². The van der Waals surface area contributed by atoms with Crippen LogP contribution in [0.4, 0.5) is 13.6 Å². The first-order chi connectivity index (χ1) is 26.1. The maximum Gasteiger partial charge on any atom is 0.410 e. The number of benzene rings is 1. The Kier molecular flexibility index (Phi) is 9.36. The van der Waals surface area contributed by atoms with Crippen LogP contribution in [-0.2, 0) is 30.3 Å². The van der Waals surface area contributed by atoms with Crippen LogP contribution in [0.15, 0.2) is 18.2 Å². The van der Waals surface area contributed by atoms with Crippen LogP contribution >= 0.6 is 0 Å². The average molecular weight is 783 g/mol. The SMILES string of the molecule is CC(=O)N(Cc1cc(F)cc(F)c1)CC1C[C@@H](C)[C@H]2C(O1)[C@H](O)[C@@]1(C)C3CC[C@H]4C(C)(C)C(OC(=O)C5CN(C(=O)OC(C)(C)C)C5)CCC45CC35CCC21C. The van der Waals surface area contributed by atoms with Gasteiger partial charge in [0.15, 0.2) is 0 Å². The summed E-state index contributed by atoms with van der Waals surface area (Å²) in [6, 6.07) is 3.36. The average Bonchev–Trinajstić information content (AvgIpc) is 3.68. The maximum atomic E-state index is 14.0. The molecular formula is C45H64F2N2O7. The Balaban J connectivity index is 0.957. The summed E-state index contributed by atoms with van der Waals surface area (Å²) in [5, 5.41) is 12.6. The van der Waals surface area contributed by atoms with E-state index in [1.165, 1.54) is 19.1 Å². The van der Waals surface area contributed by atoms with E-state index in [1.807, 2.05) is 20.8 Å². The standard InChI is InChI=1S/C45H64F2N2O7/c1-25-16-31(23-48(26(2)50)20-27-17-29(46)19-30(47)18-27)54-36-35(25)42(8)14-15-45-24-44(45)13-12-34(41(6,7)32(44)10-11-33(45)43(42,9)37(36)51)55-38(52)28-21-49(22-28)39(53)56-40(3,4)5/h17-19,25,28,31-37,51H,10-16,20-24H2,1-9H3/t25-,31?,32+,33?,34?,35+,36?,37+,42?,43-,44?,45?/m1/s1. The molecule has 0 bridgehead atoms. The van der Waals surface area contributed by atoms with Gasteiger partial charge in [-0.1, -0.05) is 34.6 Å². The topological polar surface area (TPSA) is 106 Å². The summed E-state index contributed by atoms with van der Waals surface area (Å²) in [5.74, 6) is -0.873. The molecule has 7 unspecified atom stereocenters. The van der Waals surface area contributed by atoms with Gasteiger partial charge in [0.1, 0.15) is 23.3 Å². The van der Waals surface area contributed by atoms with Crippen molar-refractivity contribution in [2.45, 2.75) is 150 Å². The molecule has 8 rings (SSSR count). The van der Waals surface area contributed by atoms with Gasteiger partial charge < -0.3 is 29.1 Å². The van der Waals surface area contributed by atoms with E-state index in [1.54, 1.807) is 9.80 Å². The molecule has 5 aliphatic carbocycles. The number of likely N-dealkylation sites (tertiary alicyclic amines) is 1. The Hall–Kier alpha value is -2.79. The van der Waals surface area contributed by atoms with Gasteiger partial charge in [-0.3, -0.25) is 9.59 Å².